The maximum absolute atomic E-state index is 11.8. The molecule has 0 unspecified atom stereocenters. The number of hydrogen-bond acceptors (Lipinski definition) is 2. The Labute approximate surface area is 95.6 Å². The summed E-state index contributed by atoms with van der Waals surface area (Å²) < 4.78 is 1.54. The molecule has 16 heavy (non-hydrogen) atoms. The Morgan fingerprint density at radius 1 is 1.31 bits per heavy atom. The molecule has 1 aromatic heterocycles. The molecule has 4 nitrogen and oxygen atoms in total. The molecule has 1 rings (SSSR count). The smallest absolute Gasteiger partial charge is 0.277 e. The Hall–Kier alpha value is -1.32. The molecule has 0 aliphatic rings. The molecule has 0 aliphatic heterocycles. The molecule has 0 spiro atoms. The Balaban J connectivity index is 2.72. The number of aryl methyl sites for hydroxylation is 2. The zero-order valence-corrected chi connectivity index (χ0v) is 10.3. The summed E-state index contributed by atoms with van der Waals surface area (Å²) in [6.45, 7) is 6.02. The highest BCUT2D eigenvalue weighted by Gasteiger charge is 2.14. The average Bonchev–Trinajstić information content (AvgIpc) is 2.49. The third kappa shape index (κ3) is 2.84. The van der Waals surface area contributed by atoms with E-state index in [1.165, 1.54) is 19.8 Å². The van der Waals surface area contributed by atoms with E-state index in [0.29, 0.717) is 17.8 Å². The summed E-state index contributed by atoms with van der Waals surface area (Å²) in [5.74, 6) is -0.161. The maximum atomic E-state index is 11.8. The van der Waals surface area contributed by atoms with E-state index in [9.17, 15) is 9.59 Å². The molecule has 0 aromatic carbocycles. The zero-order valence-electron chi connectivity index (χ0n) is 10.3. The van der Waals surface area contributed by atoms with E-state index >= 15 is 0 Å². The van der Waals surface area contributed by atoms with Gasteiger partial charge in [-0.25, -0.2) is 0 Å². The summed E-state index contributed by atoms with van der Waals surface area (Å²) in [5, 5.41) is 2.95. The van der Waals surface area contributed by atoms with Crippen molar-refractivity contribution in [1.82, 2.24) is 9.78 Å². The molecular weight excluding hydrogens is 204 g/mol. The monoisotopic (exact) mass is 224 g/mol. The first-order chi connectivity index (χ1) is 7.57. The summed E-state index contributed by atoms with van der Waals surface area (Å²) >= 11 is 0. The first kappa shape index (κ1) is 12.7. The highest BCUT2D eigenvalue weighted by atomic mass is 16.2. The predicted molar refractivity (Wildman–Crippen MR) is 63.9 cm³/mol. The summed E-state index contributed by atoms with van der Waals surface area (Å²) in [4.78, 5) is 23.0. The second-order valence-electron chi connectivity index (χ2n) is 4.19. The Morgan fingerprint density at radius 2 is 2.00 bits per heavy atom. The van der Waals surface area contributed by atoms with Crippen LogP contribution in [0.15, 0.2) is 4.79 Å². The van der Waals surface area contributed by atoms with Crippen molar-refractivity contribution in [3.05, 3.63) is 21.6 Å². The van der Waals surface area contributed by atoms with Crippen LogP contribution in [0.3, 0.4) is 0 Å². The van der Waals surface area contributed by atoms with Crippen molar-refractivity contribution in [2.75, 3.05) is 0 Å². The van der Waals surface area contributed by atoms with E-state index in [4.69, 9.17) is 0 Å². The van der Waals surface area contributed by atoms with Gasteiger partial charge in [0.05, 0.1) is 0 Å². The third-order valence-electron chi connectivity index (χ3n) is 2.72. The summed E-state index contributed by atoms with van der Waals surface area (Å²) in [7, 11) is 0. The number of carbonyl (C=O) groups excluding carboxylic acids is 1. The highest BCUT2D eigenvalue weighted by molar-refractivity contribution is 5.94. The van der Waals surface area contributed by atoms with Crippen molar-refractivity contribution >= 4 is 5.78 Å². The van der Waals surface area contributed by atoms with Crippen LogP contribution in [0.25, 0.3) is 0 Å². The van der Waals surface area contributed by atoms with Crippen LogP contribution in [0, 0.1) is 6.92 Å². The minimum absolute atomic E-state index is 0.161. The van der Waals surface area contributed by atoms with Gasteiger partial charge in [0, 0.05) is 12.2 Å². The van der Waals surface area contributed by atoms with Crippen LogP contribution in [-0.2, 0) is 6.54 Å². The van der Waals surface area contributed by atoms with Gasteiger partial charge < -0.3 is 0 Å². The summed E-state index contributed by atoms with van der Waals surface area (Å²) in [6.07, 6.45) is 4.47. The van der Waals surface area contributed by atoms with E-state index in [-0.39, 0.29) is 11.3 Å². The molecule has 90 valence electrons. The number of carbonyl (C=O) groups is 1. The number of aromatic amines is 1. The number of aromatic nitrogens is 2. The average molecular weight is 224 g/mol. The van der Waals surface area contributed by atoms with Crippen molar-refractivity contribution in [3.8, 4) is 0 Å². The number of hydrogen-bond donors (Lipinski definition) is 1. The van der Waals surface area contributed by atoms with E-state index < -0.39 is 0 Å². The van der Waals surface area contributed by atoms with E-state index in [1.807, 2.05) is 0 Å². The third-order valence-corrected chi connectivity index (χ3v) is 2.72. The number of ketones is 1. The lowest BCUT2D eigenvalue weighted by Crippen LogP contribution is -2.20. The van der Waals surface area contributed by atoms with Crippen LogP contribution in [0.2, 0.25) is 0 Å². The molecular formula is C12H20N2O2. The van der Waals surface area contributed by atoms with E-state index in [2.05, 4.69) is 12.0 Å². The number of H-pyrrole nitrogens is 1. The van der Waals surface area contributed by atoms with Gasteiger partial charge in [-0.3, -0.25) is 19.4 Å². The van der Waals surface area contributed by atoms with Crippen molar-refractivity contribution < 1.29 is 4.79 Å². The molecule has 1 N–H and O–H groups in total. The quantitative estimate of drug-likeness (QED) is 0.595. The minimum Gasteiger partial charge on any atom is -0.299 e. The van der Waals surface area contributed by atoms with Gasteiger partial charge in [0.2, 0.25) is 0 Å². The van der Waals surface area contributed by atoms with Gasteiger partial charge >= 0.3 is 0 Å². The van der Waals surface area contributed by atoms with Gasteiger partial charge in [-0.05, 0) is 20.3 Å². The fraction of sp³-hybridized carbons (Fsp3) is 0.667. The van der Waals surface area contributed by atoms with Crippen molar-refractivity contribution in [1.29, 1.82) is 0 Å². The number of Topliss-reactive ketones (excluding diaryl/α,β-unsaturated/α-hetero) is 1. The van der Waals surface area contributed by atoms with E-state index in [0.717, 1.165) is 12.8 Å². The molecule has 0 radical (unpaired) electrons. The lowest BCUT2D eigenvalue weighted by molar-refractivity contribution is 0.101. The SMILES string of the molecule is CCCCCCn1[nH]c(C)c(C(C)=O)c1=O. The van der Waals surface area contributed by atoms with Crippen LogP contribution in [0.1, 0.15) is 55.6 Å². The van der Waals surface area contributed by atoms with Crippen LogP contribution < -0.4 is 5.56 Å². The van der Waals surface area contributed by atoms with Crippen LogP contribution in [0.5, 0.6) is 0 Å². The lowest BCUT2D eigenvalue weighted by Gasteiger charge is -2.00. The second-order valence-corrected chi connectivity index (χ2v) is 4.19. The molecule has 1 aromatic rings. The minimum atomic E-state index is -0.179. The number of unbranched alkanes of at least 4 members (excludes halogenated alkanes) is 3. The maximum Gasteiger partial charge on any atom is 0.277 e. The van der Waals surface area contributed by atoms with Gasteiger partial charge in [0.15, 0.2) is 5.78 Å². The molecule has 4 heteroatoms. The largest absolute Gasteiger partial charge is 0.299 e. The Morgan fingerprint density at radius 3 is 2.50 bits per heavy atom. The van der Waals surface area contributed by atoms with Crippen molar-refractivity contribution in [3.63, 3.8) is 0 Å². The Kier molecular flexibility index (Phi) is 4.52. The molecule has 0 aliphatic carbocycles. The summed E-state index contributed by atoms with van der Waals surface area (Å²) in [6, 6.07) is 0. The molecule has 0 amide bonds. The van der Waals surface area contributed by atoms with Crippen molar-refractivity contribution in [2.24, 2.45) is 0 Å². The molecule has 0 atom stereocenters. The van der Waals surface area contributed by atoms with Gasteiger partial charge in [-0.2, -0.15) is 0 Å². The topological polar surface area (TPSA) is 54.9 Å². The fourth-order valence-corrected chi connectivity index (χ4v) is 1.87. The lowest BCUT2D eigenvalue weighted by atomic mass is 10.2. The second kappa shape index (κ2) is 5.68. The van der Waals surface area contributed by atoms with Gasteiger partial charge in [-0.15, -0.1) is 0 Å². The first-order valence-corrected chi connectivity index (χ1v) is 5.88. The normalized spacial score (nSPS) is 10.7. The molecule has 0 fully saturated rings. The molecule has 0 saturated heterocycles. The summed E-state index contributed by atoms with van der Waals surface area (Å²) in [5.41, 5.74) is 0.796. The number of nitrogens with zero attached hydrogens (tertiary/aromatic N) is 1. The number of nitrogens with one attached hydrogen (secondary N) is 1. The number of rotatable bonds is 6. The van der Waals surface area contributed by atoms with Gasteiger partial charge in [0.25, 0.3) is 5.56 Å². The molecule has 1 heterocycles. The van der Waals surface area contributed by atoms with Crippen molar-refractivity contribution in [2.45, 2.75) is 53.0 Å². The zero-order chi connectivity index (χ0) is 12.1. The molecule has 0 bridgehead atoms. The van der Waals surface area contributed by atoms with Gasteiger partial charge in [0.1, 0.15) is 5.56 Å². The van der Waals surface area contributed by atoms with Crippen LogP contribution >= 0.6 is 0 Å². The fourth-order valence-electron chi connectivity index (χ4n) is 1.87. The van der Waals surface area contributed by atoms with Crippen LogP contribution in [-0.4, -0.2) is 15.6 Å². The predicted octanol–water partition coefficient (Wildman–Crippen LogP) is 2.27. The first-order valence-electron chi connectivity index (χ1n) is 5.88. The van der Waals surface area contributed by atoms with Crippen LogP contribution in [0.4, 0.5) is 0 Å². The standard InChI is InChI=1S/C12H20N2O2/c1-4-5-6-7-8-14-12(16)11(10(3)15)9(2)13-14/h13H,4-8H2,1-3H3. The van der Waals surface area contributed by atoms with E-state index in [1.54, 1.807) is 11.6 Å². The Bertz CT molecular complexity index is 415. The van der Waals surface area contributed by atoms with Gasteiger partial charge in [-0.1, -0.05) is 26.2 Å². The highest BCUT2D eigenvalue weighted by Crippen LogP contribution is 2.03. The molecule has 0 saturated carbocycles.